The van der Waals surface area contributed by atoms with E-state index in [1.807, 2.05) is 22.8 Å². The lowest BCUT2D eigenvalue weighted by Crippen LogP contribution is -2.16. The number of para-hydroxylation sites is 3. The normalized spacial score (nSPS) is 14.6. The minimum Gasteiger partial charge on any atom is -0.292 e. The first kappa shape index (κ1) is 23.5. The van der Waals surface area contributed by atoms with Gasteiger partial charge in [-0.2, -0.15) is 8.78 Å². The first-order chi connectivity index (χ1) is 24.8. The van der Waals surface area contributed by atoms with Crippen LogP contribution in [0, 0.1) is 0 Å². The fourth-order valence-corrected chi connectivity index (χ4v) is 6.10. The lowest BCUT2D eigenvalue weighted by Gasteiger charge is -2.20. The van der Waals surface area contributed by atoms with E-state index in [9.17, 15) is 0 Å². The maximum atomic E-state index is 16.8. The fourth-order valence-electron chi connectivity index (χ4n) is 6.10. The number of nitrogens with zero attached hydrogens (tertiary/aromatic N) is 5. The molecule has 4 heterocycles. The zero-order chi connectivity index (χ0) is 36.7. The lowest BCUT2D eigenvalue weighted by molar-refractivity contribution is 0.0430. The van der Waals surface area contributed by atoms with Crippen LogP contribution in [-0.2, 0) is 11.3 Å². The van der Waals surface area contributed by atoms with Crippen LogP contribution in [0.1, 0.15) is 44.3 Å². The van der Waals surface area contributed by atoms with Crippen LogP contribution in [0.3, 0.4) is 0 Å². The van der Waals surface area contributed by atoms with Crippen molar-refractivity contribution in [1.29, 1.82) is 0 Å². The smallest absolute Gasteiger partial charge is 0.292 e. The standard InChI is InChI=1S/C40H31F2N5/c1-39(2,3)27-18-21-44-38(24-27)47-36-23-29(16-17-32(36)33-19-20-43-25-37(33)47)40(41,42)28-10-9-13-31(22-28)46-26-45(30-11-5-4-6-12-30)34-14-7-8-15-35(34)46/h4-25H,1-3H3/q+2/i4D,5D,6D,11D,12D. The molecule has 4 aromatic carbocycles. The SMILES string of the molecule is [2H]c1c([2H])c([2H])c([N+]2=C=[N+](c3cccc(C(F)(F)c4ccc5c6ccncc6n(-c6cc(C(C)(C)C)ccn6)c5c4)c3)c3ccccc32)c([2H])c1[2H]. The summed E-state index contributed by atoms with van der Waals surface area (Å²) in [5.74, 6) is -2.83. The van der Waals surface area contributed by atoms with Crippen LogP contribution in [0.2, 0.25) is 0 Å². The number of rotatable bonds is 5. The monoisotopic (exact) mass is 624 g/mol. The van der Waals surface area contributed by atoms with Crippen LogP contribution in [-0.4, -0.2) is 20.5 Å². The molecular weight excluding hydrogens is 588 g/mol. The van der Waals surface area contributed by atoms with Crippen molar-refractivity contribution in [2.24, 2.45) is 0 Å². The van der Waals surface area contributed by atoms with Gasteiger partial charge in [-0.25, -0.2) is 4.98 Å². The van der Waals surface area contributed by atoms with E-state index in [0.29, 0.717) is 28.4 Å². The molecule has 228 valence electrons. The van der Waals surface area contributed by atoms with Crippen molar-refractivity contribution in [3.05, 3.63) is 150 Å². The molecule has 3 aromatic heterocycles. The summed E-state index contributed by atoms with van der Waals surface area (Å²) < 4.78 is 79.8. The zero-order valence-electron chi connectivity index (χ0n) is 30.8. The molecule has 8 rings (SSSR count). The van der Waals surface area contributed by atoms with Gasteiger partial charge in [0.05, 0.1) is 24.1 Å². The third kappa shape index (κ3) is 4.75. The van der Waals surface area contributed by atoms with Gasteiger partial charge in [-0.05, 0) is 44.4 Å². The molecule has 0 aliphatic carbocycles. The van der Waals surface area contributed by atoms with Gasteiger partial charge in [-0.15, -0.1) is 0 Å². The van der Waals surface area contributed by atoms with Gasteiger partial charge in [-0.3, -0.25) is 9.55 Å². The molecule has 1 aliphatic rings. The second kappa shape index (κ2) is 10.6. The molecule has 7 aromatic rings. The molecule has 0 fully saturated rings. The van der Waals surface area contributed by atoms with E-state index in [0.717, 1.165) is 21.9 Å². The Labute approximate surface area is 278 Å². The molecule has 0 amide bonds. The van der Waals surface area contributed by atoms with Gasteiger partial charge in [0.25, 0.3) is 17.3 Å². The number of benzene rings is 4. The second-order valence-electron chi connectivity index (χ2n) is 12.5. The molecule has 5 nitrogen and oxygen atoms in total. The van der Waals surface area contributed by atoms with Crippen LogP contribution in [0.5, 0.6) is 0 Å². The topological polar surface area (TPSA) is 36.7 Å². The Balaban J connectivity index is 1.28. The molecule has 47 heavy (non-hydrogen) atoms. The summed E-state index contributed by atoms with van der Waals surface area (Å²) in [6, 6.07) is 24.2. The average Bonchev–Trinajstić information content (AvgIpc) is 3.69. The van der Waals surface area contributed by atoms with Crippen molar-refractivity contribution >= 4 is 50.6 Å². The van der Waals surface area contributed by atoms with Crippen LogP contribution >= 0.6 is 0 Å². The Morgan fingerprint density at radius 3 is 2.19 bits per heavy atom. The van der Waals surface area contributed by atoms with E-state index in [1.54, 1.807) is 65.6 Å². The summed E-state index contributed by atoms with van der Waals surface area (Å²) in [7, 11) is 0. The number of alkyl halides is 2. The van der Waals surface area contributed by atoms with Crippen molar-refractivity contribution in [2.45, 2.75) is 32.1 Å². The van der Waals surface area contributed by atoms with Crippen LogP contribution in [0.15, 0.2) is 134 Å². The summed E-state index contributed by atoms with van der Waals surface area (Å²) in [5, 5.41) is 1.66. The number of hydrogen-bond acceptors (Lipinski definition) is 2. The molecule has 0 radical (unpaired) electrons. The highest BCUT2D eigenvalue weighted by Crippen LogP contribution is 2.42. The van der Waals surface area contributed by atoms with Crippen molar-refractivity contribution in [2.75, 3.05) is 0 Å². The number of halogens is 2. The number of aromatic nitrogens is 3. The molecule has 0 N–H and O–H groups in total. The van der Waals surface area contributed by atoms with Gasteiger partial charge in [0.1, 0.15) is 5.82 Å². The van der Waals surface area contributed by atoms with Gasteiger partial charge in [0, 0.05) is 70.6 Å². The lowest BCUT2D eigenvalue weighted by atomic mass is 9.88. The molecule has 0 bridgehead atoms. The Bertz CT molecular complexity index is 2680. The van der Waals surface area contributed by atoms with Crippen LogP contribution in [0.25, 0.3) is 27.6 Å². The van der Waals surface area contributed by atoms with Gasteiger partial charge in [-0.1, -0.05) is 75.3 Å². The summed E-state index contributed by atoms with van der Waals surface area (Å²) in [5.41, 5.74) is 3.02. The molecule has 0 saturated heterocycles. The van der Waals surface area contributed by atoms with Crippen LogP contribution in [0.4, 0.5) is 31.5 Å². The maximum Gasteiger partial charge on any atom is 0.503 e. The fraction of sp³-hybridized carbons (Fsp3) is 0.125. The van der Waals surface area contributed by atoms with Crippen molar-refractivity contribution in [3.8, 4) is 5.82 Å². The summed E-state index contributed by atoms with van der Waals surface area (Å²) >= 11 is 0. The molecule has 7 heteroatoms. The van der Waals surface area contributed by atoms with Crippen molar-refractivity contribution < 1.29 is 15.6 Å². The van der Waals surface area contributed by atoms with Crippen molar-refractivity contribution in [3.63, 3.8) is 0 Å². The molecule has 0 spiro atoms. The van der Waals surface area contributed by atoms with Gasteiger partial charge < -0.3 is 0 Å². The predicted molar refractivity (Wildman–Crippen MR) is 185 cm³/mol. The number of fused-ring (bicyclic) bond motifs is 4. The zero-order valence-corrected chi connectivity index (χ0v) is 25.8. The molecule has 0 atom stereocenters. The van der Waals surface area contributed by atoms with E-state index >= 15 is 8.78 Å². The van der Waals surface area contributed by atoms with Gasteiger partial charge in [0.2, 0.25) is 11.4 Å². The summed E-state index contributed by atoms with van der Waals surface area (Å²) in [6.45, 7) is 6.32. The first-order valence-corrected chi connectivity index (χ1v) is 15.1. The minimum atomic E-state index is -3.43. The summed E-state index contributed by atoms with van der Waals surface area (Å²) in [6.07, 6.45) is 5.14. The van der Waals surface area contributed by atoms with E-state index in [-0.39, 0.29) is 22.2 Å². The highest BCUT2D eigenvalue weighted by molar-refractivity contribution is 6.09. The molecule has 1 aliphatic heterocycles. The Kier molecular flexibility index (Phi) is 5.33. The highest BCUT2D eigenvalue weighted by atomic mass is 19.3. The number of pyridine rings is 2. The first-order valence-electron chi connectivity index (χ1n) is 17.6. The quantitative estimate of drug-likeness (QED) is 0.179. The maximum absolute atomic E-state index is 16.8. The van der Waals surface area contributed by atoms with Gasteiger partial charge in [0.15, 0.2) is 0 Å². The number of hydrogen-bond donors (Lipinski definition) is 0. The molecule has 0 saturated carbocycles. The van der Waals surface area contributed by atoms with E-state index in [2.05, 4.69) is 36.7 Å². The van der Waals surface area contributed by atoms with E-state index < -0.39 is 36.1 Å². The van der Waals surface area contributed by atoms with E-state index in [1.165, 1.54) is 28.8 Å². The van der Waals surface area contributed by atoms with Crippen molar-refractivity contribution in [1.82, 2.24) is 23.7 Å². The Morgan fingerprint density at radius 1 is 0.702 bits per heavy atom. The molecular formula is C40H31F2N5+2. The van der Waals surface area contributed by atoms with Gasteiger partial charge >= 0.3 is 6.01 Å². The largest absolute Gasteiger partial charge is 0.503 e. The van der Waals surface area contributed by atoms with E-state index in [4.69, 9.17) is 6.85 Å². The average molecular weight is 625 g/mol. The third-order valence-electron chi connectivity index (χ3n) is 8.51. The third-order valence-corrected chi connectivity index (χ3v) is 8.51. The highest BCUT2D eigenvalue weighted by Gasteiger charge is 2.39. The van der Waals surface area contributed by atoms with Crippen LogP contribution < -0.4 is 9.15 Å². The minimum absolute atomic E-state index is 0.0937. The summed E-state index contributed by atoms with van der Waals surface area (Å²) in [4.78, 5) is 8.99. The second-order valence-corrected chi connectivity index (χ2v) is 12.5. The Morgan fingerprint density at radius 2 is 1.43 bits per heavy atom. The Hall–Kier alpha value is -5.78. The molecule has 0 unspecified atom stereocenters. The predicted octanol–water partition coefficient (Wildman–Crippen LogP) is 9.87.